The highest BCUT2D eigenvalue weighted by molar-refractivity contribution is 7.21. The van der Waals surface area contributed by atoms with E-state index in [2.05, 4.69) is 15.1 Å². The highest BCUT2D eigenvalue weighted by atomic mass is 32.1. The summed E-state index contributed by atoms with van der Waals surface area (Å²) in [6.07, 6.45) is 0. The first-order valence-corrected chi connectivity index (χ1v) is 8.44. The zero-order valence-corrected chi connectivity index (χ0v) is 14.8. The molecule has 25 heavy (non-hydrogen) atoms. The fraction of sp³-hybridized carbons (Fsp3) is 0.167. The molecule has 6 nitrogen and oxygen atoms in total. The summed E-state index contributed by atoms with van der Waals surface area (Å²) in [5, 5.41) is 4.78. The number of aromatic nitrogens is 3. The van der Waals surface area contributed by atoms with E-state index in [1.54, 1.807) is 14.2 Å². The number of benzene rings is 2. The van der Waals surface area contributed by atoms with E-state index < -0.39 is 0 Å². The molecule has 0 aliphatic rings. The van der Waals surface area contributed by atoms with Crippen molar-refractivity contribution in [3.8, 4) is 33.8 Å². The van der Waals surface area contributed by atoms with Crippen molar-refractivity contribution in [3.63, 3.8) is 0 Å². The Morgan fingerprint density at radius 3 is 2.60 bits per heavy atom. The average molecular weight is 353 g/mol. The van der Waals surface area contributed by atoms with Crippen LogP contribution in [0.3, 0.4) is 0 Å². The van der Waals surface area contributed by atoms with Crippen LogP contribution in [0.1, 0.15) is 5.56 Å². The predicted octanol–water partition coefficient (Wildman–Crippen LogP) is 4.34. The van der Waals surface area contributed by atoms with Crippen LogP contribution in [0.4, 0.5) is 0 Å². The molecule has 126 valence electrons. The minimum atomic E-state index is 0.408. The summed E-state index contributed by atoms with van der Waals surface area (Å²) in [5.74, 6) is 2.15. The number of aryl methyl sites for hydroxylation is 1. The van der Waals surface area contributed by atoms with Crippen LogP contribution in [0.25, 0.3) is 32.5 Å². The van der Waals surface area contributed by atoms with E-state index in [4.69, 9.17) is 14.0 Å². The number of ether oxygens (including phenoxy) is 2. The fourth-order valence-corrected chi connectivity index (χ4v) is 3.55. The van der Waals surface area contributed by atoms with E-state index in [1.165, 1.54) is 11.3 Å². The van der Waals surface area contributed by atoms with Crippen LogP contribution in [-0.2, 0) is 0 Å². The van der Waals surface area contributed by atoms with Crippen molar-refractivity contribution in [2.24, 2.45) is 0 Å². The minimum Gasteiger partial charge on any atom is -0.493 e. The molecule has 0 N–H and O–H groups in total. The first kappa shape index (κ1) is 15.6. The first-order valence-electron chi connectivity index (χ1n) is 7.62. The Labute approximate surface area is 148 Å². The summed E-state index contributed by atoms with van der Waals surface area (Å²) in [6.45, 7) is 2.04. The molecule has 2 aromatic heterocycles. The van der Waals surface area contributed by atoms with Crippen LogP contribution < -0.4 is 9.47 Å². The van der Waals surface area contributed by atoms with Gasteiger partial charge in [0.1, 0.15) is 0 Å². The average Bonchev–Trinajstić information content (AvgIpc) is 3.28. The number of para-hydroxylation sites is 1. The van der Waals surface area contributed by atoms with Gasteiger partial charge in [0, 0.05) is 5.56 Å². The number of hydrogen-bond donors (Lipinski definition) is 0. The third-order valence-corrected chi connectivity index (χ3v) is 4.88. The molecular weight excluding hydrogens is 338 g/mol. The second-order valence-electron chi connectivity index (χ2n) is 5.43. The molecule has 0 fully saturated rings. The van der Waals surface area contributed by atoms with Gasteiger partial charge in [0.25, 0.3) is 5.89 Å². The largest absolute Gasteiger partial charge is 0.493 e. The molecule has 2 aromatic carbocycles. The molecule has 0 bridgehead atoms. The van der Waals surface area contributed by atoms with E-state index in [0.29, 0.717) is 28.2 Å². The normalized spacial score (nSPS) is 11.0. The van der Waals surface area contributed by atoms with E-state index >= 15 is 0 Å². The molecular formula is C18H15N3O3S. The molecule has 4 rings (SSSR count). The van der Waals surface area contributed by atoms with Crippen LogP contribution in [0, 0.1) is 6.92 Å². The van der Waals surface area contributed by atoms with Crippen LogP contribution >= 0.6 is 11.3 Å². The third kappa shape index (κ3) is 2.72. The predicted molar refractivity (Wildman–Crippen MR) is 96.2 cm³/mol. The van der Waals surface area contributed by atoms with Gasteiger partial charge in [-0.15, -0.1) is 11.3 Å². The maximum Gasteiger partial charge on any atom is 0.287 e. The number of nitrogens with zero attached hydrogens (tertiary/aromatic N) is 3. The minimum absolute atomic E-state index is 0.408. The Bertz CT molecular complexity index is 1050. The molecule has 0 spiro atoms. The zero-order chi connectivity index (χ0) is 17.4. The lowest BCUT2D eigenvalue weighted by molar-refractivity contribution is 0.355. The summed E-state index contributed by atoms with van der Waals surface area (Å²) in [4.78, 5) is 9.11. The van der Waals surface area contributed by atoms with Gasteiger partial charge in [0.2, 0.25) is 5.82 Å². The standard InChI is InChI=1S/C18H15N3O3S/c1-10-5-4-6-14-15(10)19-18(25-14)17-20-16(21-24-17)11-7-8-12(22-2)13(9-11)23-3/h4-9H,1-3H3. The molecule has 0 saturated heterocycles. The van der Waals surface area contributed by atoms with Gasteiger partial charge in [-0.25, -0.2) is 4.98 Å². The van der Waals surface area contributed by atoms with Crippen molar-refractivity contribution in [3.05, 3.63) is 42.0 Å². The molecule has 7 heteroatoms. The van der Waals surface area contributed by atoms with E-state index in [9.17, 15) is 0 Å². The van der Waals surface area contributed by atoms with Crippen molar-refractivity contribution >= 4 is 21.6 Å². The van der Waals surface area contributed by atoms with Gasteiger partial charge in [0.05, 0.1) is 24.4 Å². The maximum atomic E-state index is 5.42. The number of methoxy groups -OCH3 is 2. The van der Waals surface area contributed by atoms with Crippen molar-refractivity contribution in [2.75, 3.05) is 14.2 Å². The van der Waals surface area contributed by atoms with Gasteiger partial charge in [-0.2, -0.15) is 4.98 Å². The number of fused-ring (bicyclic) bond motifs is 1. The lowest BCUT2D eigenvalue weighted by Gasteiger charge is -2.07. The van der Waals surface area contributed by atoms with Crippen LogP contribution in [0.15, 0.2) is 40.9 Å². The molecule has 0 aliphatic heterocycles. The summed E-state index contributed by atoms with van der Waals surface area (Å²) in [6, 6.07) is 11.6. The Balaban J connectivity index is 1.73. The van der Waals surface area contributed by atoms with E-state index in [-0.39, 0.29) is 0 Å². The smallest absolute Gasteiger partial charge is 0.287 e. The topological polar surface area (TPSA) is 70.3 Å². The second-order valence-corrected chi connectivity index (χ2v) is 6.46. The summed E-state index contributed by atoms with van der Waals surface area (Å²) in [7, 11) is 3.19. The van der Waals surface area contributed by atoms with Crippen molar-refractivity contribution in [2.45, 2.75) is 6.92 Å². The monoisotopic (exact) mass is 353 g/mol. The van der Waals surface area contributed by atoms with Crippen molar-refractivity contribution in [1.29, 1.82) is 0 Å². The molecule has 0 unspecified atom stereocenters. The SMILES string of the molecule is COc1ccc(-c2noc(-c3nc4c(C)cccc4s3)n2)cc1OC. The second kappa shape index (κ2) is 6.18. The number of hydrogen-bond acceptors (Lipinski definition) is 7. The van der Waals surface area contributed by atoms with Crippen molar-refractivity contribution < 1.29 is 14.0 Å². The lowest BCUT2D eigenvalue weighted by atomic mass is 10.2. The summed E-state index contributed by atoms with van der Waals surface area (Å²) < 4.78 is 17.1. The number of rotatable bonds is 4. The highest BCUT2D eigenvalue weighted by Gasteiger charge is 2.16. The van der Waals surface area contributed by atoms with Gasteiger partial charge >= 0.3 is 0 Å². The van der Waals surface area contributed by atoms with Gasteiger partial charge in [0.15, 0.2) is 16.5 Å². The maximum absolute atomic E-state index is 5.42. The lowest BCUT2D eigenvalue weighted by Crippen LogP contribution is -1.91. The highest BCUT2D eigenvalue weighted by Crippen LogP contribution is 2.34. The van der Waals surface area contributed by atoms with E-state index in [0.717, 1.165) is 21.3 Å². The molecule has 0 amide bonds. The molecule has 0 radical (unpaired) electrons. The molecule has 4 aromatic rings. The van der Waals surface area contributed by atoms with Gasteiger partial charge in [-0.05, 0) is 36.8 Å². The van der Waals surface area contributed by atoms with Crippen molar-refractivity contribution in [1.82, 2.24) is 15.1 Å². The Kier molecular flexibility index (Phi) is 3.85. The van der Waals surface area contributed by atoms with Gasteiger partial charge in [-0.1, -0.05) is 17.3 Å². The van der Waals surface area contributed by atoms with Gasteiger partial charge < -0.3 is 14.0 Å². The van der Waals surface area contributed by atoms with Crippen LogP contribution in [0.2, 0.25) is 0 Å². The van der Waals surface area contributed by atoms with E-state index in [1.807, 2.05) is 43.3 Å². The Morgan fingerprint density at radius 2 is 1.84 bits per heavy atom. The molecule has 2 heterocycles. The third-order valence-electron chi connectivity index (χ3n) is 3.87. The molecule has 0 saturated carbocycles. The van der Waals surface area contributed by atoms with Crippen LogP contribution in [0.5, 0.6) is 11.5 Å². The molecule has 0 atom stereocenters. The number of thiazole rings is 1. The Hall–Kier alpha value is -2.93. The first-order chi connectivity index (χ1) is 12.2. The zero-order valence-electron chi connectivity index (χ0n) is 13.9. The summed E-state index contributed by atoms with van der Waals surface area (Å²) >= 11 is 1.53. The summed E-state index contributed by atoms with van der Waals surface area (Å²) in [5.41, 5.74) is 2.87. The molecule has 0 aliphatic carbocycles. The quantitative estimate of drug-likeness (QED) is 0.543. The Morgan fingerprint density at radius 1 is 1.00 bits per heavy atom. The van der Waals surface area contributed by atoms with Crippen LogP contribution in [-0.4, -0.2) is 29.3 Å². The fourth-order valence-electron chi connectivity index (χ4n) is 2.58. The van der Waals surface area contributed by atoms with Gasteiger partial charge in [-0.3, -0.25) is 0 Å².